The zero-order chi connectivity index (χ0) is 16.0. The number of rotatable bonds is 2. The maximum absolute atomic E-state index is 12.5. The Bertz CT molecular complexity index is 970. The lowest BCUT2D eigenvalue weighted by Gasteiger charge is -2.13. The molecule has 1 aliphatic rings. The molecule has 0 radical (unpaired) electrons. The summed E-state index contributed by atoms with van der Waals surface area (Å²) in [7, 11) is 0. The second-order valence-electron chi connectivity index (χ2n) is 5.88. The number of carbonyl (C=O) groups excluding carboxylic acids is 1. The number of benzene rings is 1. The van der Waals surface area contributed by atoms with Crippen molar-refractivity contribution in [3.05, 3.63) is 69.3 Å². The largest absolute Gasteiger partial charge is 0.345 e. The summed E-state index contributed by atoms with van der Waals surface area (Å²) in [6.07, 6.45) is 3.28. The van der Waals surface area contributed by atoms with E-state index in [2.05, 4.69) is 21.5 Å². The van der Waals surface area contributed by atoms with Gasteiger partial charge in [0.25, 0.3) is 11.5 Å². The lowest BCUT2D eigenvalue weighted by Crippen LogP contribution is -2.32. The van der Waals surface area contributed by atoms with Crippen molar-refractivity contribution in [2.75, 3.05) is 0 Å². The Morgan fingerprint density at radius 2 is 2.22 bits per heavy atom. The minimum absolute atomic E-state index is 0.0480. The molecule has 0 fully saturated rings. The normalized spacial score (nSPS) is 16.5. The lowest BCUT2D eigenvalue weighted by atomic mass is 10.1. The van der Waals surface area contributed by atoms with Gasteiger partial charge in [0.05, 0.1) is 11.7 Å². The number of aryl methyl sites for hydroxylation is 2. The molecular formula is C17H16N4O2. The molecule has 2 N–H and O–H groups in total. The average molecular weight is 308 g/mol. The van der Waals surface area contributed by atoms with Gasteiger partial charge < -0.3 is 10.3 Å². The van der Waals surface area contributed by atoms with E-state index in [1.54, 1.807) is 6.07 Å². The molecule has 1 unspecified atom stereocenters. The van der Waals surface area contributed by atoms with Crippen molar-refractivity contribution in [2.45, 2.75) is 25.8 Å². The predicted molar refractivity (Wildman–Crippen MR) is 85.5 cm³/mol. The summed E-state index contributed by atoms with van der Waals surface area (Å²) in [4.78, 5) is 27.3. The van der Waals surface area contributed by atoms with Gasteiger partial charge in [-0.2, -0.15) is 5.10 Å². The smallest absolute Gasteiger partial charge is 0.263 e. The molecule has 1 atom stereocenters. The second-order valence-corrected chi connectivity index (χ2v) is 5.88. The Balaban J connectivity index is 1.65. The molecular weight excluding hydrogens is 292 g/mol. The number of fused-ring (bicyclic) bond motifs is 2. The molecule has 2 aromatic heterocycles. The summed E-state index contributed by atoms with van der Waals surface area (Å²) < 4.78 is 1.52. The number of amides is 1. The Morgan fingerprint density at radius 3 is 3.09 bits per heavy atom. The van der Waals surface area contributed by atoms with Crippen LogP contribution in [0.25, 0.3) is 5.65 Å². The first-order valence-electron chi connectivity index (χ1n) is 7.60. The summed E-state index contributed by atoms with van der Waals surface area (Å²) in [6, 6.07) is 9.78. The van der Waals surface area contributed by atoms with Gasteiger partial charge in [-0.3, -0.25) is 9.59 Å². The molecule has 3 aromatic rings. The molecule has 0 saturated carbocycles. The van der Waals surface area contributed by atoms with Crippen LogP contribution in [0, 0.1) is 6.92 Å². The summed E-state index contributed by atoms with van der Waals surface area (Å²) in [5.74, 6) is -0.372. The maximum atomic E-state index is 12.5. The fourth-order valence-electron chi connectivity index (χ4n) is 3.18. The van der Waals surface area contributed by atoms with E-state index < -0.39 is 5.56 Å². The number of aromatic amines is 1. The van der Waals surface area contributed by atoms with E-state index in [1.807, 2.05) is 25.1 Å². The molecule has 6 nitrogen and oxygen atoms in total. The van der Waals surface area contributed by atoms with Crippen LogP contribution in [0.4, 0.5) is 0 Å². The van der Waals surface area contributed by atoms with Crippen molar-refractivity contribution in [2.24, 2.45) is 0 Å². The average Bonchev–Trinajstić information content (AvgIpc) is 3.09. The van der Waals surface area contributed by atoms with Crippen molar-refractivity contribution in [1.29, 1.82) is 0 Å². The highest BCUT2D eigenvalue weighted by Crippen LogP contribution is 2.30. The minimum Gasteiger partial charge on any atom is -0.345 e. The molecule has 1 aliphatic carbocycles. The van der Waals surface area contributed by atoms with Crippen LogP contribution in [0.3, 0.4) is 0 Å². The zero-order valence-electron chi connectivity index (χ0n) is 12.7. The molecule has 1 amide bonds. The number of H-pyrrole nitrogens is 1. The van der Waals surface area contributed by atoms with E-state index in [0.717, 1.165) is 24.1 Å². The first-order chi connectivity index (χ1) is 11.1. The number of hydrogen-bond acceptors (Lipinski definition) is 3. The molecule has 6 heteroatoms. The fourth-order valence-corrected chi connectivity index (χ4v) is 3.18. The molecule has 116 valence electrons. The van der Waals surface area contributed by atoms with Crippen LogP contribution in [0.1, 0.15) is 39.6 Å². The predicted octanol–water partition coefficient (Wildman–Crippen LogP) is 1.75. The molecule has 0 spiro atoms. The Morgan fingerprint density at radius 1 is 1.39 bits per heavy atom. The summed E-state index contributed by atoms with van der Waals surface area (Å²) >= 11 is 0. The number of carbonyl (C=O) groups is 1. The third-order valence-electron chi connectivity index (χ3n) is 4.28. The third-order valence-corrected chi connectivity index (χ3v) is 4.28. The lowest BCUT2D eigenvalue weighted by molar-refractivity contribution is 0.0934. The molecule has 0 saturated heterocycles. The van der Waals surface area contributed by atoms with E-state index in [-0.39, 0.29) is 17.5 Å². The van der Waals surface area contributed by atoms with E-state index in [1.165, 1.54) is 16.3 Å². The topological polar surface area (TPSA) is 79.3 Å². The highest BCUT2D eigenvalue weighted by molar-refractivity contribution is 5.94. The summed E-state index contributed by atoms with van der Waals surface area (Å²) in [6.45, 7) is 1.83. The number of hydrogen-bond donors (Lipinski definition) is 2. The van der Waals surface area contributed by atoms with Crippen LogP contribution in [-0.2, 0) is 6.42 Å². The Hall–Kier alpha value is -2.89. The van der Waals surface area contributed by atoms with Crippen LogP contribution in [0.5, 0.6) is 0 Å². The van der Waals surface area contributed by atoms with Gasteiger partial charge in [-0.05, 0) is 30.9 Å². The Labute approximate surface area is 132 Å². The number of nitrogens with zero attached hydrogens (tertiary/aromatic N) is 2. The second kappa shape index (κ2) is 5.08. The van der Waals surface area contributed by atoms with Crippen molar-refractivity contribution in [1.82, 2.24) is 19.9 Å². The molecule has 4 rings (SSSR count). The molecule has 2 heterocycles. The third kappa shape index (κ3) is 2.32. The zero-order valence-corrected chi connectivity index (χ0v) is 12.7. The van der Waals surface area contributed by atoms with E-state index in [0.29, 0.717) is 5.65 Å². The van der Waals surface area contributed by atoms with Gasteiger partial charge in [0.2, 0.25) is 0 Å². The van der Waals surface area contributed by atoms with E-state index in [9.17, 15) is 9.59 Å². The van der Waals surface area contributed by atoms with Gasteiger partial charge in [0.1, 0.15) is 11.2 Å². The van der Waals surface area contributed by atoms with Gasteiger partial charge in [-0.15, -0.1) is 0 Å². The van der Waals surface area contributed by atoms with Gasteiger partial charge in [0.15, 0.2) is 0 Å². The van der Waals surface area contributed by atoms with Gasteiger partial charge in [-0.1, -0.05) is 24.3 Å². The molecule has 23 heavy (non-hydrogen) atoms. The number of aromatic nitrogens is 3. The first-order valence-corrected chi connectivity index (χ1v) is 7.60. The SMILES string of the molecule is Cc1cc2[nH]c(=O)c(C(=O)NC3CCc4ccccc43)cn2n1. The van der Waals surface area contributed by atoms with Crippen LogP contribution >= 0.6 is 0 Å². The fraction of sp³-hybridized carbons (Fsp3) is 0.235. The van der Waals surface area contributed by atoms with Crippen LogP contribution in [-0.4, -0.2) is 20.5 Å². The highest BCUT2D eigenvalue weighted by Gasteiger charge is 2.25. The highest BCUT2D eigenvalue weighted by atomic mass is 16.2. The Kier molecular flexibility index (Phi) is 3.04. The first kappa shape index (κ1) is 13.8. The number of nitrogens with one attached hydrogen (secondary N) is 2. The maximum Gasteiger partial charge on any atom is 0.263 e. The van der Waals surface area contributed by atoms with Crippen molar-refractivity contribution in [3.8, 4) is 0 Å². The summed E-state index contributed by atoms with van der Waals surface area (Å²) in [5.41, 5.74) is 3.42. The van der Waals surface area contributed by atoms with E-state index >= 15 is 0 Å². The summed E-state index contributed by atoms with van der Waals surface area (Å²) in [5, 5.41) is 7.20. The minimum atomic E-state index is -0.402. The van der Waals surface area contributed by atoms with Gasteiger partial charge in [-0.25, -0.2) is 4.52 Å². The molecule has 0 bridgehead atoms. The van der Waals surface area contributed by atoms with Crippen molar-refractivity contribution < 1.29 is 4.79 Å². The standard InChI is InChI=1S/C17H16N4O2/c1-10-8-15-19-17(23)13(9-21(15)20-10)16(22)18-14-7-6-11-4-2-3-5-12(11)14/h2-5,8-9,14H,6-7H2,1H3,(H,18,22)(H,19,23). The van der Waals surface area contributed by atoms with Crippen LogP contribution < -0.4 is 10.9 Å². The van der Waals surface area contributed by atoms with Crippen LogP contribution in [0.15, 0.2) is 41.3 Å². The van der Waals surface area contributed by atoms with Crippen molar-refractivity contribution >= 4 is 11.6 Å². The van der Waals surface area contributed by atoms with Crippen LogP contribution in [0.2, 0.25) is 0 Å². The molecule has 1 aromatic carbocycles. The quantitative estimate of drug-likeness (QED) is 0.757. The van der Waals surface area contributed by atoms with E-state index in [4.69, 9.17) is 0 Å². The molecule has 0 aliphatic heterocycles. The van der Waals surface area contributed by atoms with Gasteiger partial charge >= 0.3 is 0 Å². The monoisotopic (exact) mass is 308 g/mol. The van der Waals surface area contributed by atoms with Gasteiger partial charge in [0, 0.05) is 12.3 Å². The van der Waals surface area contributed by atoms with Crippen molar-refractivity contribution in [3.63, 3.8) is 0 Å².